The summed E-state index contributed by atoms with van der Waals surface area (Å²) >= 11 is 2.05. The third kappa shape index (κ3) is 8.85. The Hall–Kier alpha value is -3.42. The van der Waals surface area contributed by atoms with Gasteiger partial charge in [-0.1, -0.05) is 12.1 Å². The van der Waals surface area contributed by atoms with Crippen LogP contribution in [0.1, 0.15) is 6.42 Å². The van der Waals surface area contributed by atoms with Gasteiger partial charge in [0.1, 0.15) is 0 Å². The Labute approximate surface area is 237 Å². The molecular formula is C27H33IN8O2. The standard InChI is InChI=1S/C27H33IN8O2/c28-32-15-14-29-11-1-12-30-20-26(37)33-22-4-2-21(3-5-22)25-10-13-31-27(35-25)34-23-6-8-24(9-7-23)36-16-18-38-19-17-36/h2-10,13-15,29-30,32H,1,11-12,16-20H2,(H,33,37)(H,31,34,35)/b15-14-. The van der Waals surface area contributed by atoms with Crippen molar-refractivity contribution in [2.24, 2.45) is 0 Å². The van der Waals surface area contributed by atoms with Crippen LogP contribution >= 0.6 is 22.9 Å². The van der Waals surface area contributed by atoms with Crippen molar-refractivity contribution in [1.82, 2.24) is 24.1 Å². The number of aromatic nitrogens is 2. The van der Waals surface area contributed by atoms with E-state index in [9.17, 15) is 4.79 Å². The van der Waals surface area contributed by atoms with Crippen LogP contribution in [0, 0.1) is 0 Å². The maximum Gasteiger partial charge on any atom is 0.238 e. The van der Waals surface area contributed by atoms with E-state index in [1.165, 1.54) is 5.69 Å². The van der Waals surface area contributed by atoms with E-state index >= 15 is 0 Å². The number of morpholine rings is 1. The fourth-order valence-electron chi connectivity index (χ4n) is 3.91. The number of ether oxygens (including phenoxy) is 1. The molecule has 0 spiro atoms. The SMILES string of the molecule is O=C(CNCCCN/C=C\NI)Nc1ccc(-c2ccnc(Nc3ccc(N4CCOCC4)cc3)n2)cc1. The van der Waals surface area contributed by atoms with Gasteiger partial charge in [-0.2, -0.15) is 0 Å². The Morgan fingerprint density at radius 1 is 0.974 bits per heavy atom. The molecular weight excluding hydrogens is 595 g/mol. The molecule has 200 valence electrons. The van der Waals surface area contributed by atoms with Gasteiger partial charge in [0, 0.05) is 60.9 Å². The molecule has 1 saturated heterocycles. The van der Waals surface area contributed by atoms with Crippen molar-refractivity contribution in [3.63, 3.8) is 0 Å². The number of nitrogens with zero attached hydrogens (tertiary/aromatic N) is 3. The van der Waals surface area contributed by atoms with Gasteiger partial charge < -0.3 is 34.4 Å². The maximum atomic E-state index is 12.2. The lowest BCUT2D eigenvalue weighted by Gasteiger charge is -2.28. The van der Waals surface area contributed by atoms with Crippen molar-refractivity contribution in [3.8, 4) is 11.3 Å². The van der Waals surface area contributed by atoms with Crippen LogP contribution in [0.5, 0.6) is 0 Å². The number of carbonyl (C=O) groups is 1. The van der Waals surface area contributed by atoms with Crippen LogP contribution in [0.3, 0.4) is 0 Å². The van der Waals surface area contributed by atoms with Gasteiger partial charge in [0.2, 0.25) is 11.9 Å². The van der Waals surface area contributed by atoms with Crippen molar-refractivity contribution in [1.29, 1.82) is 0 Å². The summed E-state index contributed by atoms with van der Waals surface area (Å²) < 4.78 is 8.32. The van der Waals surface area contributed by atoms with Crippen molar-refractivity contribution < 1.29 is 9.53 Å². The smallest absolute Gasteiger partial charge is 0.238 e. The first kappa shape index (κ1) is 27.6. The molecule has 0 bridgehead atoms. The van der Waals surface area contributed by atoms with Crippen LogP contribution in [0.4, 0.5) is 23.0 Å². The summed E-state index contributed by atoms with van der Waals surface area (Å²) in [5, 5.41) is 12.5. The van der Waals surface area contributed by atoms with E-state index in [-0.39, 0.29) is 12.5 Å². The number of halogens is 1. The molecule has 1 aliphatic rings. The fourth-order valence-corrected chi connectivity index (χ4v) is 4.09. The zero-order chi connectivity index (χ0) is 26.4. The molecule has 2 heterocycles. The first-order valence-electron chi connectivity index (χ1n) is 12.6. The lowest BCUT2D eigenvalue weighted by molar-refractivity contribution is -0.115. The lowest BCUT2D eigenvalue weighted by atomic mass is 10.1. The summed E-state index contributed by atoms with van der Waals surface area (Å²) in [7, 11) is 0. The highest BCUT2D eigenvalue weighted by molar-refractivity contribution is 14.1. The number of anilines is 4. The molecule has 5 N–H and O–H groups in total. The zero-order valence-electron chi connectivity index (χ0n) is 21.1. The highest BCUT2D eigenvalue weighted by atomic mass is 127. The predicted octanol–water partition coefficient (Wildman–Crippen LogP) is 3.64. The third-order valence-corrected chi connectivity index (χ3v) is 6.20. The maximum absolute atomic E-state index is 12.2. The van der Waals surface area contributed by atoms with Crippen LogP contribution in [0.25, 0.3) is 11.3 Å². The summed E-state index contributed by atoms with van der Waals surface area (Å²) in [4.78, 5) is 23.6. The molecule has 38 heavy (non-hydrogen) atoms. The van der Waals surface area contributed by atoms with Crippen LogP contribution in [-0.2, 0) is 9.53 Å². The molecule has 1 aromatic heterocycles. The second-order valence-corrected chi connectivity index (χ2v) is 9.21. The van der Waals surface area contributed by atoms with Crippen LogP contribution in [-0.4, -0.2) is 61.8 Å². The monoisotopic (exact) mass is 628 g/mol. The molecule has 0 aliphatic carbocycles. The quantitative estimate of drug-likeness (QED) is 0.110. The second kappa shape index (κ2) is 15.1. The number of amides is 1. The Kier molecular flexibility index (Phi) is 11.0. The molecule has 4 rings (SSSR count). The lowest BCUT2D eigenvalue weighted by Crippen LogP contribution is -2.36. The van der Waals surface area contributed by atoms with E-state index in [1.54, 1.807) is 6.20 Å². The Morgan fingerprint density at radius 3 is 2.50 bits per heavy atom. The van der Waals surface area contributed by atoms with Gasteiger partial charge in [-0.3, -0.25) is 4.79 Å². The molecule has 0 atom stereocenters. The molecule has 10 nitrogen and oxygen atoms in total. The predicted molar refractivity (Wildman–Crippen MR) is 161 cm³/mol. The van der Waals surface area contributed by atoms with E-state index < -0.39 is 0 Å². The number of hydrogen-bond donors (Lipinski definition) is 5. The van der Waals surface area contributed by atoms with Gasteiger partial charge in [0.15, 0.2) is 0 Å². The average Bonchev–Trinajstić information content (AvgIpc) is 2.96. The molecule has 11 heteroatoms. The van der Waals surface area contributed by atoms with Gasteiger partial charge in [-0.25, -0.2) is 9.97 Å². The molecule has 1 fully saturated rings. The van der Waals surface area contributed by atoms with E-state index in [0.29, 0.717) is 5.95 Å². The second-order valence-electron chi connectivity index (χ2n) is 8.59. The van der Waals surface area contributed by atoms with Crippen LogP contribution < -0.4 is 29.7 Å². The highest BCUT2D eigenvalue weighted by Gasteiger charge is 2.11. The summed E-state index contributed by atoms with van der Waals surface area (Å²) in [5.74, 6) is 0.450. The van der Waals surface area contributed by atoms with Crippen molar-refractivity contribution in [2.75, 3.05) is 61.5 Å². The molecule has 0 saturated carbocycles. The van der Waals surface area contributed by atoms with Crippen molar-refractivity contribution in [3.05, 3.63) is 73.2 Å². The van der Waals surface area contributed by atoms with E-state index in [4.69, 9.17) is 4.74 Å². The number of rotatable bonds is 13. The number of nitrogens with one attached hydrogen (secondary N) is 5. The van der Waals surface area contributed by atoms with Gasteiger partial charge >= 0.3 is 0 Å². The summed E-state index contributed by atoms with van der Waals surface area (Å²) in [6, 6.07) is 17.8. The zero-order valence-corrected chi connectivity index (χ0v) is 23.3. The molecule has 2 aromatic carbocycles. The molecule has 1 amide bonds. The van der Waals surface area contributed by atoms with Crippen LogP contribution in [0.2, 0.25) is 0 Å². The first-order valence-corrected chi connectivity index (χ1v) is 13.7. The minimum Gasteiger partial charge on any atom is -0.390 e. The average molecular weight is 629 g/mol. The Balaban J connectivity index is 1.24. The van der Waals surface area contributed by atoms with E-state index in [2.05, 4.69) is 51.8 Å². The van der Waals surface area contributed by atoms with Gasteiger partial charge in [-0.15, -0.1) is 0 Å². The third-order valence-electron chi connectivity index (χ3n) is 5.84. The van der Waals surface area contributed by atoms with Crippen molar-refractivity contribution >= 4 is 51.8 Å². The number of benzene rings is 2. The highest BCUT2D eigenvalue weighted by Crippen LogP contribution is 2.23. The van der Waals surface area contributed by atoms with Gasteiger partial charge in [-0.05, 0) is 55.4 Å². The Morgan fingerprint density at radius 2 is 1.74 bits per heavy atom. The van der Waals surface area contributed by atoms with Gasteiger partial charge in [0.25, 0.3) is 0 Å². The normalized spacial score (nSPS) is 13.3. The van der Waals surface area contributed by atoms with Crippen LogP contribution in [0.15, 0.2) is 73.2 Å². The number of hydrogen-bond acceptors (Lipinski definition) is 9. The van der Waals surface area contributed by atoms with Gasteiger partial charge in [0.05, 0.1) is 48.3 Å². The van der Waals surface area contributed by atoms with E-state index in [1.807, 2.05) is 77.7 Å². The summed E-state index contributed by atoms with van der Waals surface area (Å²) in [6.07, 6.45) is 6.33. The molecule has 3 aromatic rings. The van der Waals surface area contributed by atoms with E-state index in [0.717, 1.165) is 68.4 Å². The number of carbonyl (C=O) groups excluding carboxylic acids is 1. The Bertz CT molecular complexity index is 1170. The first-order chi connectivity index (χ1) is 18.7. The minimum atomic E-state index is -0.0760. The largest absolute Gasteiger partial charge is 0.390 e. The molecule has 0 unspecified atom stereocenters. The topological polar surface area (TPSA) is 115 Å². The van der Waals surface area contributed by atoms with Crippen molar-refractivity contribution in [2.45, 2.75) is 6.42 Å². The fraction of sp³-hybridized carbons (Fsp3) is 0.296. The minimum absolute atomic E-state index is 0.0760. The molecule has 0 radical (unpaired) electrons. The summed E-state index contributed by atoms with van der Waals surface area (Å²) in [5.41, 5.74) is 4.58. The molecule has 1 aliphatic heterocycles. The summed E-state index contributed by atoms with van der Waals surface area (Å²) in [6.45, 7) is 5.20.